The molecule has 2 rings (SSSR count). The molecule has 0 bridgehead atoms. The van der Waals surface area contributed by atoms with Crippen molar-refractivity contribution in [2.45, 2.75) is 26.9 Å². The largest absolute Gasteiger partial charge is 0.493 e. The molecule has 0 unspecified atom stereocenters. The number of aromatic nitrogens is 2. The Morgan fingerprint density at radius 3 is 2.64 bits per heavy atom. The Morgan fingerprint density at radius 2 is 2.00 bits per heavy atom. The number of ether oxygens (including phenoxy) is 2. The summed E-state index contributed by atoms with van der Waals surface area (Å²) in [5.41, 5.74) is 0.940. The third kappa shape index (κ3) is 5.41. The van der Waals surface area contributed by atoms with E-state index in [-0.39, 0.29) is 6.03 Å². The first kappa shape index (κ1) is 18.6. The molecule has 136 valence electrons. The van der Waals surface area contributed by atoms with Crippen molar-refractivity contribution in [2.75, 3.05) is 20.8 Å². The molecule has 0 saturated heterocycles. The molecule has 1 aromatic heterocycles. The number of imidazole rings is 1. The first-order valence-electron chi connectivity index (χ1n) is 8.23. The van der Waals surface area contributed by atoms with E-state index in [1.807, 2.05) is 31.3 Å². The van der Waals surface area contributed by atoms with Crippen molar-refractivity contribution >= 4 is 6.03 Å². The minimum absolute atomic E-state index is 0.191. The number of benzene rings is 1. The van der Waals surface area contributed by atoms with Crippen molar-refractivity contribution in [3.63, 3.8) is 0 Å². The van der Waals surface area contributed by atoms with Crippen LogP contribution >= 0.6 is 0 Å². The van der Waals surface area contributed by atoms with Crippen LogP contribution in [0, 0.1) is 12.8 Å². The van der Waals surface area contributed by atoms with Crippen molar-refractivity contribution in [2.24, 2.45) is 5.92 Å². The average molecular weight is 346 g/mol. The maximum Gasteiger partial charge on any atom is 0.315 e. The molecule has 0 aliphatic carbocycles. The second-order valence-electron chi connectivity index (χ2n) is 5.98. The van der Waals surface area contributed by atoms with Gasteiger partial charge in [-0.2, -0.15) is 0 Å². The Bertz CT molecular complexity index is 699. The number of amides is 2. The van der Waals surface area contributed by atoms with Crippen LogP contribution < -0.4 is 20.1 Å². The van der Waals surface area contributed by atoms with Crippen LogP contribution in [0.4, 0.5) is 4.79 Å². The first-order valence-corrected chi connectivity index (χ1v) is 8.23. The lowest BCUT2D eigenvalue weighted by Gasteiger charge is -2.15. The van der Waals surface area contributed by atoms with E-state index in [9.17, 15) is 4.79 Å². The summed E-state index contributed by atoms with van der Waals surface area (Å²) >= 11 is 0. The van der Waals surface area contributed by atoms with Crippen LogP contribution in [0.1, 0.15) is 18.3 Å². The number of aryl methyl sites for hydroxylation is 1. The molecule has 0 spiro atoms. The fraction of sp³-hybridized carbons (Fsp3) is 0.444. The van der Waals surface area contributed by atoms with Crippen LogP contribution in [0.25, 0.3) is 0 Å². The van der Waals surface area contributed by atoms with Crippen molar-refractivity contribution in [3.05, 3.63) is 42.0 Å². The van der Waals surface area contributed by atoms with Crippen molar-refractivity contribution in [1.29, 1.82) is 0 Å². The highest BCUT2D eigenvalue weighted by Crippen LogP contribution is 2.27. The second kappa shape index (κ2) is 8.96. The maximum atomic E-state index is 12.0. The van der Waals surface area contributed by atoms with Gasteiger partial charge in [-0.05, 0) is 30.5 Å². The predicted octanol–water partition coefficient (Wildman–Crippen LogP) is 2.34. The van der Waals surface area contributed by atoms with Gasteiger partial charge in [-0.25, -0.2) is 9.78 Å². The summed E-state index contributed by atoms with van der Waals surface area (Å²) in [7, 11) is 3.18. The quantitative estimate of drug-likeness (QED) is 0.769. The monoisotopic (exact) mass is 346 g/mol. The zero-order chi connectivity index (χ0) is 18.2. The zero-order valence-electron chi connectivity index (χ0n) is 15.2. The highest BCUT2D eigenvalue weighted by atomic mass is 16.5. The van der Waals surface area contributed by atoms with E-state index in [2.05, 4.69) is 27.1 Å². The molecule has 1 atom stereocenters. The van der Waals surface area contributed by atoms with Gasteiger partial charge in [0.2, 0.25) is 0 Å². The Labute approximate surface area is 148 Å². The van der Waals surface area contributed by atoms with Gasteiger partial charge in [0.25, 0.3) is 0 Å². The van der Waals surface area contributed by atoms with Gasteiger partial charge in [-0.15, -0.1) is 0 Å². The molecule has 2 N–H and O–H groups in total. The van der Waals surface area contributed by atoms with Crippen LogP contribution in [-0.2, 0) is 13.1 Å². The number of nitrogens with one attached hydrogen (secondary N) is 2. The topological polar surface area (TPSA) is 77.4 Å². The van der Waals surface area contributed by atoms with Crippen molar-refractivity contribution in [1.82, 2.24) is 20.2 Å². The van der Waals surface area contributed by atoms with Gasteiger partial charge in [0.05, 0.1) is 14.2 Å². The van der Waals surface area contributed by atoms with E-state index >= 15 is 0 Å². The molecule has 0 aliphatic rings. The lowest BCUT2D eigenvalue weighted by molar-refractivity contribution is 0.238. The number of hydrogen-bond donors (Lipinski definition) is 2. The SMILES string of the molecule is COc1ccc(CNC(=O)NC[C@H](C)Cn2ccnc2C)cc1OC. The molecule has 0 radical (unpaired) electrons. The first-order chi connectivity index (χ1) is 12.0. The van der Waals surface area contributed by atoms with E-state index in [1.54, 1.807) is 20.4 Å². The summed E-state index contributed by atoms with van der Waals surface area (Å²) < 4.78 is 12.5. The molecule has 7 nitrogen and oxygen atoms in total. The lowest BCUT2D eigenvalue weighted by atomic mass is 10.2. The van der Waals surface area contributed by atoms with Crippen LogP contribution in [0.5, 0.6) is 11.5 Å². The summed E-state index contributed by atoms with van der Waals surface area (Å²) in [5.74, 6) is 2.59. The molecule has 1 heterocycles. The Hall–Kier alpha value is -2.70. The van der Waals surface area contributed by atoms with Gasteiger partial charge >= 0.3 is 6.03 Å². The third-order valence-corrected chi connectivity index (χ3v) is 3.94. The number of rotatable bonds is 8. The number of urea groups is 1. The molecule has 2 aromatic rings. The molecule has 0 fully saturated rings. The normalized spacial score (nSPS) is 11.7. The van der Waals surface area contributed by atoms with E-state index in [4.69, 9.17) is 9.47 Å². The van der Waals surface area contributed by atoms with Crippen molar-refractivity contribution in [3.8, 4) is 11.5 Å². The van der Waals surface area contributed by atoms with Crippen molar-refractivity contribution < 1.29 is 14.3 Å². The summed E-state index contributed by atoms with van der Waals surface area (Å²) in [6.45, 7) is 5.89. The van der Waals surface area contributed by atoms with Crippen LogP contribution in [0.15, 0.2) is 30.6 Å². The van der Waals surface area contributed by atoms with E-state index < -0.39 is 0 Å². The molecule has 7 heteroatoms. The van der Waals surface area contributed by atoms with Crippen LogP contribution in [-0.4, -0.2) is 36.3 Å². The summed E-state index contributed by atoms with van der Waals surface area (Å²) in [4.78, 5) is 16.2. The molecule has 1 aromatic carbocycles. The van der Waals surface area contributed by atoms with Gasteiger partial charge in [-0.1, -0.05) is 13.0 Å². The smallest absolute Gasteiger partial charge is 0.315 e. The van der Waals surface area contributed by atoms with E-state index in [0.717, 1.165) is 17.9 Å². The standard InChI is InChI=1S/C18H26N4O3/c1-13(12-22-8-7-19-14(22)2)10-20-18(23)21-11-15-5-6-16(24-3)17(9-15)25-4/h5-9,13H,10-12H2,1-4H3,(H2,20,21,23)/t13-/m0/s1. The van der Waals surface area contributed by atoms with Gasteiger partial charge in [-0.3, -0.25) is 0 Å². The fourth-order valence-electron chi connectivity index (χ4n) is 2.50. The van der Waals surface area contributed by atoms with Gasteiger partial charge in [0.1, 0.15) is 5.82 Å². The number of carbonyl (C=O) groups excluding carboxylic acids is 1. The summed E-state index contributed by atoms with van der Waals surface area (Å²) in [6.07, 6.45) is 3.73. The minimum atomic E-state index is -0.191. The number of carbonyl (C=O) groups is 1. The predicted molar refractivity (Wildman–Crippen MR) is 95.9 cm³/mol. The van der Waals surface area contributed by atoms with Crippen LogP contribution in [0.3, 0.4) is 0 Å². The second-order valence-corrected chi connectivity index (χ2v) is 5.98. The lowest BCUT2D eigenvalue weighted by Crippen LogP contribution is -2.38. The highest BCUT2D eigenvalue weighted by molar-refractivity contribution is 5.73. The van der Waals surface area contributed by atoms with E-state index in [0.29, 0.717) is 30.5 Å². The Kier molecular flexibility index (Phi) is 6.68. The Balaban J connectivity index is 1.76. The molecular weight excluding hydrogens is 320 g/mol. The third-order valence-electron chi connectivity index (χ3n) is 3.94. The molecule has 0 aliphatic heterocycles. The van der Waals surface area contributed by atoms with Crippen LogP contribution in [0.2, 0.25) is 0 Å². The van der Waals surface area contributed by atoms with E-state index in [1.165, 1.54) is 0 Å². The average Bonchev–Trinajstić information content (AvgIpc) is 3.02. The summed E-state index contributed by atoms with van der Waals surface area (Å²) in [6, 6.07) is 5.38. The molecule has 25 heavy (non-hydrogen) atoms. The molecular formula is C18H26N4O3. The number of methoxy groups -OCH3 is 2. The number of nitrogens with zero attached hydrogens (tertiary/aromatic N) is 2. The van der Waals surface area contributed by atoms with Gasteiger partial charge < -0.3 is 24.7 Å². The highest BCUT2D eigenvalue weighted by Gasteiger charge is 2.09. The maximum absolute atomic E-state index is 12.0. The minimum Gasteiger partial charge on any atom is -0.493 e. The molecule has 2 amide bonds. The van der Waals surface area contributed by atoms with Gasteiger partial charge in [0.15, 0.2) is 11.5 Å². The molecule has 0 saturated carbocycles. The fourth-order valence-corrected chi connectivity index (χ4v) is 2.50. The zero-order valence-corrected chi connectivity index (χ0v) is 15.2. The summed E-state index contributed by atoms with van der Waals surface area (Å²) in [5, 5.41) is 5.74. The van der Waals surface area contributed by atoms with Gasteiger partial charge in [0, 0.05) is 32.0 Å². The number of hydrogen-bond acceptors (Lipinski definition) is 4. The Morgan fingerprint density at radius 1 is 1.24 bits per heavy atom.